The molecule has 158 valence electrons. The van der Waals surface area contributed by atoms with Gasteiger partial charge in [-0.05, 0) is 35.9 Å². The number of ether oxygens (including phenoxy) is 1. The first-order valence-electron chi connectivity index (χ1n) is 9.18. The highest BCUT2D eigenvalue weighted by atomic mass is 35.5. The minimum Gasteiger partial charge on any atom is -0.484 e. The third kappa shape index (κ3) is 4.94. The van der Waals surface area contributed by atoms with Crippen molar-refractivity contribution in [3.05, 3.63) is 64.1 Å². The predicted octanol–water partition coefficient (Wildman–Crippen LogP) is 3.67. The Bertz CT molecular complexity index is 1090. The molecule has 6 nitrogen and oxygen atoms in total. The molecule has 0 bridgehead atoms. The van der Waals surface area contributed by atoms with Crippen LogP contribution in [-0.2, 0) is 21.2 Å². The summed E-state index contributed by atoms with van der Waals surface area (Å²) in [6.07, 6.45) is 0. The van der Waals surface area contributed by atoms with Gasteiger partial charge in [0.2, 0.25) is 0 Å². The Balaban J connectivity index is 1.51. The fourth-order valence-electron chi connectivity index (χ4n) is 3.45. The van der Waals surface area contributed by atoms with E-state index in [1.807, 2.05) is 23.1 Å². The Hall–Kier alpha value is -1.74. The van der Waals surface area contributed by atoms with E-state index in [0.29, 0.717) is 27.5 Å². The van der Waals surface area contributed by atoms with Crippen molar-refractivity contribution in [1.82, 2.24) is 4.90 Å². The highest BCUT2D eigenvalue weighted by molar-refractivity contribution is 8.15. The van der Waals surface area contributed by atoms with Crippen LogP contribution < -0.4 is 4.74 Å². The first-order valence-corrected chi connectivity index (χ1v) is 12.6. The van der Waals surface area contributed by atoms with Crippen LogP contribution in [0, 0.1) is 0 Å². The number of hydrogen-bond donors (Lipinski definition) is 0. The lowest BCUT2D eigenvalue weighted by Gasteiger charge is -2.25. The van der Waals surface area contributed by atoms with E-state index in [0.717, 1.165) is 5.56 Å². The highest BCUT2D eigenvalue weighted by Gasteiger charge is 2.48. The van der Waals surface area contributed by atoms with Crippen molar-refractivity contribution in [2.75, 3.05) is 18.1 Å². The summed E-state index contributed by atoms with van der Waals surface area (Å²) in [5.41, 5.74) is 0.849. The molecule has 0 spiro atoms. The number of carbonyl (C=O) groups excluding carboxylic acids is 1. The van der Waals surface area contributed by atoms with Gasteiger partial charge in [-0.15, -0.1) is 0 Å². The van der Waals surface area contributed by atoms with E-state index in [4.69, 9.17) is 27.9 Å². The molecule has 10 heteroatoms. The maximum absolute atomic E-state index is 12.4. The number of fused-ring (bicyclic) bond motifs is 1. The molecule has 0 aromatic heterocycles. The lowest BCUT2D eigenvalue weighted by Crippen LogP contribution is -2.37. The van der Waals surface area contributed by atoms with Crippen molar-refractivity contribution in [3.8, 4) is 5.75 Å². The van der Waals surface area contributed by atoms with E-state index in [1.54, 1.807) is 30.3 Å². The molecule has 0 N–H and O–H groups in total. The monoisotopic (exact) mass is 484 g/mol. The molecule has 2 atom stereocenters. The normalized spacial score (nSPS) is 23.5. The number of carbonyl (C=O) groups is 1. The third-order valence-electron chi connectivity index (χ3n) is 4.87. The fourth-order valence-corrected chi connectivity index (χ4v) is 7.74. The smallest absolute Gasteiger partial charge is 0.285 e. The molecule has 1 amide bonds. The zero-order chi connectivity index (χ0) is 21.3. The van der Waals surface area contributed by atoms with Crippen LogP contribution in [0.5, 0.6) is 5.75 Å². The van der Waals surface area contributed by atoms with Gasteiger partial charge in [0.25, 0.3) is 5.91 Å². The topological polar surface area (TPSA) is 76.0 Å². The number of nitrogens with zero attached hydrogens (tertiary/aromatic N) is 2. The number of amides is 1. The summed E-state index contributed by atoms with van der Waals surface area (Å²) in [7, 11) is -3.11. The molecule has 2 saturated heterocycles. The summed E-state index contributed by atoms with van der Waals surface area (Å²) < 4.78 is 29.7. The third-order valence-corrected chi connectivity index (χ3v) is 8.74. The second-order valence-corrected chi connectivity index (χ2v) is 11.3. The lowest BCUT2D eigenvalue weighted by atomic mass is 10.1. The Morgan fingerprint density at radius 2 is 1.87 bits per heavy atom. The summed E-state index contributed by atoms with van der Waals surface area (Å²) in [6.45, 7) is 0.159. The quantitative estimate of drug-likeness (QED) is 0.644. The van der Waals surface area contributed by atoms with Gasteiger partial charge in [-0.2, -0.15) is 4.99 Å². The van der Waals surface area contributed by atoms with E-state index in [2.05, 4.69) is 4.99 Å². The fraction of sp³-hybridized carbons (Fsp3) is 0.300. The van der Waals surface area contributed by atoms with E-state index >= 15 is 0 Å². The molecule has 2 aliphatic rings. The van der Waals surface area contributed by atoms with E-state index in [9.17, 15) is 13.2 Å². The lowest BCUT2D eigenvalue weighted by molar-refractivity contribution is -0.119. The van der Waals surface area contributed by atoms with Crippen LogP contribution in [0.25, 0.3) is 0 Å². The van der Waals surface area contributed by atoms with Crippen LogP contribution in [0.4, 0.5) is 0 Å². The minimum atomic E-state index is -3.11. The highest BCUT2D eigenvalue weighted by Crippen LogP contribution is 2.39. The molecule has 4 rings (SSSR count). The van der Waals surface area contributed by atoms with Crippen molar-refractivity contribution in [2.45, 2.75) is 17.8 Å². The average molecular weight is 485 g/mol. The van der Waals surface area contributed by atoms with Gasteiger partial charge in [-0.3, -0.25) is 4.79 Å². The number of benzene rings is 2. The van der Waals surface area contributed by atoms with Crippen molar-refractivity contribution in [3.63, 3.8) is 0 Å². The maximum Gasteiger partial charge on any atom is 0.285 e. The van der Waals surface area contributed by atoms with Crippen LogP contribution in [-0.4, -0.2) is 53.8 Å². The van der Waals surface area contributed by atoms with Crippen molar-refractivity contribution in [2.24, 2.45) is 4.99 Å². The Labute approximate surface area is 189 Å². The predicted molar refractivity (Wildman–Crippen MR) is 120 cm³/mol. The molecule has 0 saturated carbocycles. The summed E-state index contributed by atoms with van der Waals surface area (Å²) in [5, 5.41) is 1.52. The number of halogens is 2. The van der Waals surface area contributed by atoms with Gasteiger partial charge in [0, 0.05) is 21.8 Å². The molecule has 2 heterocycles. The zero-order valence-electron chi connectivity index (χ0n) is 15.7. The molecule has 2 aromatic rings. The maximum atomic E-state index is 12.4. The average Bonchev–Trinajstić information content (AvgIpc) is 3.15. The summed E-state index contributed by atoms with van der Waals surface area (Å²) in [6, 6.07) is 13.8. The Morgan fingerprint density at radius 3 is 2.60 bits per heavy atom. The molecule has 2 fully saturated rings. The minimum absolute atomic E-state index is 0.0452. The van der Waals surface area contributed by atoms with Gasteiger partial charge in [-0.1, -0.05) is 53.2 Å². The summed E-state index contributed by atoms with van der Waals surface area (Å²) in [5.74, 6) is 0.196. The SMILES string of the molecule is O=C(COc1ccc(Cl)cc1)N=C1S[C@H]2CS(=O)(=O)C[C@@H]2N1Cc1ccccc1Cl. The molecule has 30 heavy (non-hydrogen) atoms. The second-order valence-electron chi connectivity index (χ2n) is 7.05. The van der Waals surface area contributed by atoms with Gasteiger partial charge >= 0.3 is 0 Å². The van der Waals surface area contributed by atoms with Crippen LogP contribution in [0.15, 0.2) is 53.5 Å². The van der Waals surface area contributed by atoms with Gasteiger partial charge in [0.15, 0.2) is 21.6 Å². The van der Waals surface area contributed by atoms with Crippen LogP contribution >= 0.6 is 35.0 Å². The largest absolute Gasteiger partial charge is 0.484 e. The Morgan fingerprint density at radius 1 is 1.13 bits per heavy atom. The van der Waals surface area contributed by atoms with Crippen LogP contribution in [0.2, 0.25) is 10.0 Å². The number of sulfone groups is 1. The summed E-state index contributed by atoms with van der Waals surface area (Å²) >= 11 is 13.5. The summed E-state index contributed by atoms with van der Waals surface area (Å²) in [4.78, 5) is 18.5. The van der Waals surface area contributed by atoms with Gasteiger partial charge in [0.05, 0.1) is 17.5 Å². The zero-order valence-corrected chi connectivity index (χ0v) is 18.8. The molecule has 2 aliphatic heterocycles. The van der Waals surface area contributed by atoms with Crippen molar-refractivity contribution >= 4 is 55.9 Å². The van der Waals surface area contributed by atoms with Crippen LogP contribution in [0.3, 0.4) is 0 Å². The van der Waals surface area contributed by atoms with E-state index in [1.165, 1.54) is 11.8 Å². The van der Waals surface area contributed by atoms with Gasteiger partial charge < -0.3 is 9.64 Å². The second kappa shape index (κ2) is 8.78. The number of thioether (sulfide) groups is 1. The van der Waals surface area contributed by atoms with E-state index < -0.39 is 15.7 Å². The molecule has 2 aromatic carbocycles. The number of aliphatic imine (C=N–C) groups is 1. The van der Waals surface area contributed by atoms with Crippen LogP contribution in [0.1, 0.15) is 5.56 Å². The molecular weight excluding hydrogens is 467 g/mol. The number of rotatable bonds is 5. The van der Waals surface area contributed by atoms with Crippen molar-refractivity contribution < 1.29 is 17.9 Å². The molecule has 0 radical (unpaired) electrons. The van der Waals surface area contributed by atoms with Crippen molar-refractivity contribution in [1.29, 1.82) is 0 Å². The molecule has 0 unspecified atom stereocenters. The van der Waals surface area contributed by atoms with Gasteiger partial charge in [-0.25, -0.2) is 8.42 Å². The standard InChI is InChI=1S/C20H18Cl2N2O4S2/c21-14-5-7-15(8-6-14)28-10-19(25)23-20-24(9-13-3-1-2-4-16(13)22)17-11-30(26,27)12-18(17)29-20/h1-8,17-18H,9-12H2/t17-,18-/m0/s1. The molecule has 0 aliphatic carbocycles. The first-order chi connectivity index (χ1) is 14.3. The van der Waals surface area contributed by atoms with E-state index in [-0.39, 0.29) is 29.4 Å². The molecular formula is C20H18Cl2N2O4S2. The van der Waals surface area contributed by atoms with Gasteiger partial charge in [0.1, 0.15) is 5.75 Å². The number of hydrogen-bond acceptors (Lipinski definition) is 5. The first kappa shape index (κ1) is 21.5. The number of amidine groups is 1. The Kier molecular flexibility index (Phi) is 6.29.